The van der Waals surface area contributed by atoms with E-state index in [1.807, 2.05) is 0 Å². The summed E-state index contributed by atoms with van der Waals surface area (Å²) >= 11 is 0. The van der Waals surface area contributed by atoms with Crippen LogP contribution in [0.4, 0.5) is 0 Å². The van der Waals surface area contributed by atoms with E-state index in [1.165, 1.54) is 36.4 Å². The number of nitrogens with two attached hydrogens (primary N) is 2. The number of Topliss-reactive ketones (excluding diaryl/α,β-unsaturated/α-hetero) is 6. The largest absolute Gasteiger partial charge is 0.321 e. The Kier molecular flexibility index (Phi) is 5.48. The molecule has 6 rings (SSSR count). The number of ketones is 7. The van der Waals surface area contributed by atoms with E-state index in [0.717, 1.165) is 25.7 Å². The van der Waals surface area contributed by atoms with Crippen LogP contribution in [0, 0.1) is 23.7 Å². The van der Waals surface area contributed by atoms with Gasteiger partial charge in [0.1, 0.15) is 11.8 Å². The third-order valence-electron chi connectivity index (χ3n) is 8.16. The summed E-state index contributed by atoms with van der Waals surface area (Å²) in [4.78, 5) is 90.5. The van der Waals surface area contributed by atoms with Crippen molar-refractivity contribution in [2.75, 3.05) is 0 Å². The molecule has 2 saturated carbocycles. The second kappa shape index (κ2) is 8.54. The molecule has 0 spiro atoms. The highest BCUT2D eigenvalue weighted by Gasteiger charge is 2.49. The van der Waals surface area contributed by atoms with E-state index in [0.29, 0.717) is 0 Å². The Labute approximate surface area is 216 Å². The van der Waals surface area contributed by atoms with E-state index in [1.54, 1.807) is 0 Å². The molecule has 4 aliphatic carbocycles. The van der Waals surface area contributed by atoms with Crippen LogP contribution < -0.4 is 11.5 Å². The second-order valence-electron chi connectivity index (χ2n) is 10.7. The molecule has 0 heterocycles. The van der Waals surface area contributed by atoms with E-state index in [4.69, 9.17) is 11.5 Å². The van der Waals surface area contributed by atoms with Crippen LogP contribution in [-0.2, 0) is 9.59 Å². The maximum atomic E-state index is 13.3. The monoisotopic (exact) mass is 512 g/mol. The molecular formula is C29H24N2O7. The van der Waals surface area contributed by atoms with Gasteiger partial charge < -0.3 is 11.5 Å². The van der Waals surface area contributed by atoms with E-state index >= 15 is 0 Å². The maximum absolute atomic E-state index is 13.3. The lowest BCUT2D eigenvalue weighted by Crippen LogP contribution is -2.41. The molecule has 2 aromatic carbocycles. The van der Waals surface area contributed by atoms with Crippen LogP contribution in [0.1, 0.15) is 83.0 Å². The van der Waals surface area contributed by atoms with Crippen molar-refractivity contribution in [1.29, 1.82) is 0 Å². The Balaban J connectivity index is 1.26. The van der Waals surface area contributed by atoms with Gasteiger partial charge in [0.2, 0.25) is 0 Å². The summed E-state index contributed by atoms with van der Waals surface area (Å²) < 4.78 is 0. The first kappa shape index (κ1) is 24.4. The van der Waals surface area contributed by atoms with Crippen molar-refractivity contribution in [1.82, 2.24) is 0 Å². The Morgan fingerprint density at radius 3 is 1.26 bits per heavy atom. The summed E-state index contributed by atoms with van der Waals surface area (Å²) in [6, 6.07) is 6.24. The minimum absolute atomic E-state index is 0.0160. The topological polar surface area (TPSA) is 172 Å². The molecule has 0 radical (unpaired) electrons. The van der Waals surface area contributed by atoms with Gasteiger partial charge in [0.15, 0.2) is 40.5 Å². The zero-order valence-corrected chi connectivity index (χ0v) is 20.3. The van der Waals surface area contributed by atoms with Gasteiger partial charge in [-0.25, -0.2) is 0 Å². The van der Waals surface area contributed by atoms with Crippen LogP contribution >= 0.6 is 0 Å². The Hall–Kier alpha value is -3.95. The Morgan fingerprint density at radius 1 is 0.579 bits per heavy atom. The van der Waals surface area contributed by atoms with Crippen molar-refractivity contribution in [3.63, 3.8) is 0 Å². The average molecular weight is 513 g/mol. The van der Waals surface area contributed by atoms with Gasteiger partial charge in [0.05, 0.1) is 12.1 Å². The molecule has 38 heavy (non-hydrogen) atoms. The molecule has 2 fully saturated rings. The first-order valence-electron chi connectivity index (χ1n) is 12.7. The van der Waals surface area contributed by atoms with Crippen molar-refractivity contribution in [3.05, 3.63) is 69.8 Å². The van der Waals surface area contributed by atoms with Crippen molar-refractivity contribution in [3.8, 4) is 0 Å². The first-order valence-corrected chi connectivity index (χ1v) is 12.7. The molecule has 4 atom stereocenters. The summed E-state index contributed by atoms with van der Waals surface area (Å²) in [7, 11) is 0. The Bertz CT molecular complexity index is 1400. The number of hydrogen-bond acceptors (Lipinski definition) is 9. The zero-order chi connectivity index (χ0) is 27.0. The highest BCUT2D eigenvalue weighted by molar-refractivity contribution is 6.37. The minimum Gasteiger partial charge on any atom is -0.321 e. The fourth-order valence-corrected chi connectivity index (χ4v) is 5.51. The first-order chi connectivity index (χ1) is 18.1. The van der Waals surface area contributed by atoms with Crippen LogP contribution in [0.3, 0.4) is 0 Å². The van der Waals surface area contributed by atoms with Crippen LogP contribution in [-0.4, -0.2) is 52.6 Å². The van der Waals surface area contributed by atoms with Gasteiger partial charge in [-0.2, -0.15) is 0 Å². The highest BCUT2D eigenvalue weighted by atomic mass is 16.2. The molecule has 4 aliphatic rings. The van der Waals surface area contributed by atoms with E-state index in [2.05, 4.69) is 0 Å². The van der Waals surface area contributed by atoms with Crippen molar-refractivity contribution in [2.45, 2.75) is 37.8 Å². The molecular weight excluding hydrogens is 488 g/mol. The predicted molar refractivity (Wildman–Crippen MR) is 132 cm³/mol. The zero-order valence-electron chi connectivity index (χ0n) is 20.3. The van der Waals surface area contributed by atoms with Gasteiger partial charge in [-0.15, -0.1) is 0 Å². The quantitative estimate of drug-likeness (QED) is 0.393. The number of carbonyl (C=O) groups is 7. The number of rotatable bonds is 8. The average Bonchev–Trinajstić information content (AvgIpc) is 3.84. The van der Waals surface area contributed by atoms with Crippen molar-refractivity contribution >= 4 is 40.5 Å². The summed E-state index contributed by atoms with van der Waals surface area (Å²) in [5, 5.41) is 0. The lowest BCUT2D eigenvalue weighted by molar-refractivity contribution is -0.122. The van der Waals surface area contributed by atoms with Gasteiger partial charge in [0, 0.05) is 33.4 Å². The van der Waals surface area contributed by atoms with Gasteiger partial charge >= 0.3 is 0 Å². The summed E-state index contributed by atoms with van der Waals surface area (Å²) in [5.41, 5.74) is 12.2. The van der Waals surface area contributed by atoms with Gasteiger partial charge in [-0.1, -0.05) is 12.1 Å². The van der Waals surface area contributed by atoms with Gasteiger partial charge in [-0.05, 0) is 61.8 Å². The van der Waals surface area contributed by atoms with E-state index < -0.39 is 64.4 Å². The van der Waals surface area contributed by atoms with Crippen LogP contribution in [0.25, 0.3) is 0 Å². The number of carbonyl (C=O) groups excluding carboxylic acids is 7. The maximum Gasteiger partial charge on any atom is 0.193 e. The molecule has 0 aromatic heterocycles. The molecule has 2 aromatic rings. The highest BCUT2D eigenvalue weighted by Crippen LogP contribution is 2.37. The van der Waals surface area contributed by atoms with Gasteiger partial charge in [-0.3, -0.25) is 33.6 Å². The molecule has 0 aliphatic heterocycles. The standard InChI is InChI=1S/C29H24N2O7/c30-21(11-1-2-11)28(37)19-24(33)15-7-5-13(9-17(15)26(19)35)23(32)14-6-8-16-18(10-14)27(36)20(25(16)34)29(38)22(31)12-3-4-12/h5-12,19-22H,1-4,30-31H2/t19?,20?,21-,22-/m0/s1. The summed E-state index contributed by atoms with van der Waals surface area (Å²) in [5.74, 6) is -7.36. The van der Waals surface area contributed by atoms with E-state index in [-0.39, 0.29) is 45.2 Å². The van der Waals surface area contributed by atoms with Crippen molar-refractivity contribution in [2.24, 2.45) is 35.1 Å². The molecule has 0 bridgehead atoms. The molecule has 9 nitrogen and oxygen atoms in total. The molecule has 0 amide bonds. The third-order valence-corrected chi connectivity index (χ3v) is 8.16. The molecule has 0 saturated heterocycles. The summed E-state index contributed by atoms with van der Waals surface area (Å²) in [6.45, 7) is 0. The number of hydrogen-bond donors (Lipinski definition) is 2. The Morgan fingerprint density at radius 2 is 0.921 bits per heavy atom. The van der Waals surface area contributed by atoms with Crippen LogP contribution in [0.15, 0.2) is 36.4 Å². The molecule has 4 N–H and O–H groups in total. The third kappa shape index (κ3) is 3.65. The number of benzene rings is 2. The minimum atomic E-state index is -1.49. The molecule has 192 valence electrons. The summed E-state index contributed by atoms with van der Waals surface area (Å²) in [6.07, 6.45) is 3.13. The smallest absolute Gasteiger partial charge is 0.193 e. The second-order valence-corrected chi connectivity index (χ2v) is 10.7. The lowest BCUT2D eigenvalue weighted by Gasteiger charge is -2.12. The molecule has 2 unspecified atom stereocenters. The fourth-order valence-electron chi connectivity index (χ4n) is 5.51. The van der Waals surface area contributed by atoms with Crippen LogP contribution in [0.5, 0.6) is 0 Å². The van der Waals surface area contributed by atoms with Gasteiger partial charge in [0.25, 0.3) is 0 Å². The lowest BCUT2D eigenvalue weighted by atomic mass is 9.91. The molecule has 9 heteroatoms. The normalized spacial score (nSPS) is 23.7. The fraction of sp³-hybridized carbons (Fsp3) is 0.345. The van der Waals surface area contributed by atoms with Crippen LogP contribution in [0.2, 0.25) is 0 Å². The number of fused-ring (bicyclic) bond motifs is 2. The predicted octanol–water partition coefficient (Wildman–Crippen LogP) is 1.52. The van der Waals surface area contributed by atoms with E-state index in [9.17, 15) is 33.6 Å². The SMILES string of the molecule is N[C@H](C(=O)C1C(=O)c2ccc(C(=O)c3ccc4c(c3)C(=O)C(C(=O)[C@@H](N)C3CC3)C4=O)cc2C1=O)C1CC1. The van der Waals surface area contributed by atoms with Crippen molar-refractivity contribution < 1.29 is 33.6 Å².